The number of rotatable bonds is 12. The fourth-order valence-electron chi connectivity index (χ4n) is 3.65. The Labute approximate surface area is 188 Å². The summed E-state index contributed by atoms with van der Waals surface area (Å²) in [6, 6.07) is 0.255. The van der Waals surface area contributed by atoms with Crippen LogP contribution in [0.4, 0.5) is 0 Å². The lowest BCUT2D eigenvalue weighted by Crippen LogP contribution is -2.58. The van der Waals surface area contributed by atoms with E-state index in [4.69, 9.17) is 14.2 Å². The van der Waals surface area contributed by atoms with Crippen LogP contribution in [0.2, 0.25) is 0 Å². The number of nitrogens with one attached hydrogen (secondary N) is 1. The number of likely N-dealkylation sites (N-methyl/N-ethyl adjacent to an activating group) is 1. The maximum Gasteiger partial charge on any atom is 0.252 e. The van der Waals surface area contributed by atoms with Crippen molar-refractivity contribution in [2.75, 3.05) is 60.8 Å². The van der Waals surface area contributed by atoms with Crippen molar-refractivity contribution in [1.29, 1.82) is 0 Å². The molecule has 1 aliphatic heterocycles. The van der Waals surface area contributed by atoms with Crippen molar-refractivity contribution in [1.82, 2.24) is 15.1 Å². The second-order valence-electron chi connectivity index (χ2n) is 9.30. The van der Waals surface area contributed by atoms with Gasteiger partial charge in [-0.1, -0.05) is 13.8 Å². The summed E-state index contributed by atoms with van der Waals surface area (Å²) in [5, 5.41) is 2.58. The summed E-state index contributed by atoms with van der Waals surface area (Å²) in [5.74, 6) is -0.728. The highest BCUT2D eigenvalue weighted by molar-refractivity contribution is 6.04. The first-order chi connectivity index (χ1) is 14.5. The fourth-order valence-corrected chi connectivity index (χ4v) is 3.65. The highest BCUT2D eigenvalue weighted by atomic mass is 16.5. The van der Waals surface area contributed by atoms with E-state index in [0.717, 1.165) is 25.1 Å². The fraction of sp³-hybridized carbons (Fsp3) is 0.826. The first-order valence-corrected chi connectivity index (χ1v) is 11.1. The van der Waals surface area contributed by atoms with E-state index >= 15 is 0 Å². The largest absolute Gasteiger partial charge is 0.382 e. The van der Waals surface area contributed by atoms with Crippen LogP contribution >= 0.6 is 0 Å². The molecular weight excluding hydrogens is 398 g/mol. The number of methoxy groups -OCH3 is 1. The Morgan fingerprint density at radius 3 is 2.29 bits per heavy atom. The van der Waals surface area contributed by atoms with Crippen LogP contribution in [-0.4, -0.2) is 94.0 Å². The molecule has 1 heterocycles. The van der Waals surface area contributed by atoms with E-state index in [2.05, 4.69) is 10.2 Å². The molecule has 0 aromatic heterocycles. The molecule has 1 aliphatic rings. The minimum atomic E-state index is -0.818. The Morgan fingerprint density at radius 1 is 1.13 bits per heavy atom. The van der Waals surface area contributed by atoms with E-state index in [9.17, 15) is 9.59 Å². The Morgan fingerprint density at radius 2 is 1.74 bits per heavy atom. The van der Waals surface area contributed by atoms with Crippen molar-refractivity contribution in [3.63, 3.8) is 0 Å². The summed E-state index contributed by atoms with van der Waals surface area (Å²) in [5.41, 5.74) is -0.415. The van der Waals surface area contributed by atoms with E-state index < -0.39 is 16.9 Å². The van der Waals surface area contributed by atoms with Crippen LogP contribution in [0.5, 0.6) is 0 Å². The van der Waals surface area contributed by atoms with E-state index in [0.29, 0.717) is 33.0 Å². The monoisotopic (exact) mass is 441 g/mol. The van der Waals surface area contributed by atoms with Gasteiger partial charge in [-0.2, -0.15) is 0 Å². The average molecular weight is 442 g/mol. The van der Waals surface area contributed by atoms with Crippen LogP contribution in [0, 0.1) is 5.41 Å². The molecule has 8 heteroatoms. The predicted octanol–water partition coefficient (Wildman–Crippen LogP) is 2.04. The van der Waals surface area contributed by atoms with Gasteiger partial charge in [-0.3, -0.25) is 19.8 Å². The van der Waals surface area contributed by atoms with Gasteiger partial charge in [0.25, 0.3) is 5.91 Å². The van der Waals surface area contributed by atoms with E-state index in [-0.39, 0.29) is 11.9 Å². The number of nitrogens with zero attached hydrogens (tertiary/aromatic N) is 2. The third kappa shape index (κ3) is 8.18. The highest BCUT2D eigenvalue weighted by Gasteiger charge is 2.37. The molecule has 1 saturated heterocycles. The number of ether oxygens (including phenoxy) is 3. The zero-order valence-electron chi connectivity index (χ0n) is 20.7. The zero-order chi connectivity index (χ0) is 23.7. The topological polar surface area (TPSA) is 80.3 Å². The van der Waals surface area contributed by atoms with Gasteiger partial charge in [0, 0.05) is 57.1 Å². The number of hydrogen-bond acceptors (Lipinski definition) is 7. The number of carbonyl (C=O) groups is 2. The molecule has 0 aromatic carbocycles. The Bertz CT molecular complexity index is 612. The van der Waals surface area contributed by atoms with Crippen LogP contribution in [-0.2, 0) is 23.8 Å². The standard InChI is InChI=1S/C23H43N3O5/c1-9-25(6)19(22(2,3)17-31-15-14-29-8)16-20(27)24-21(28)23(4,5)26(7)18-10-12-30-13-11-18/h16,18H,9-15,17H2,1-8H3,(H,24,27,28). The van der Waals surface area contributed by atoms with E-state index in [1.807, 2.05) is 53.6 Å². The maximum absolute atomic E-state index is 13.0. The molecule has 1 fully saturated rings. The molecule has 0 saturated carbocycles. The lowest BCUT2D eigenvalue weighted by atomic mass is 9.88. The zero-order valence-corrected chi connectivity index (χ0v) is 20.7. The molecule has 0 aliphatic carbocycles. The second-order valence-corrected chi connectivity index (χ2v) is 9.30. The molecule has 1 N–H and O–H groups in total. The lowest BCUT2D eigenvalue weighted by molar-refractivity contribution is -0.137. The smallest absolute Gasteiger partial charge is 0.252 e. The number of hydrogen-bond donors (Lipinski definition) is 1. The average Bonchev–Trinajstić information content (AvgIpc) is 2.74. The van der Waals surface area contributed by atoms with Crippen LogP contribution < -0.4 is 5.32 Å². The second kappa shape index (κ2) is 12.5. The lowest BCUT2D eigenvalue weighted by Gasteiger charge is -2.41. The van der Waals surface area contributed by atoms with Gasteiger partial charge in [-0.05, 0) is 40.7 Å². The van der Waals surface area contributed by atoms with Crippen molar-refractivity contribution < 1.29 is 23.8 Å². The summed E-state index contributed by atoms with van der Waals surface area (Å²) < 4.78 is 16.2. The molecule has 0 aromatic rings. The molecule has 0 spiro atoms. The molecule has 1 rings (SSSR count). The molecule has 180 valence electrons. The first-order valence-electron chi connectivity index (χ1n) is 11.1. The third-order valence-corrected chi connectivity index (χ3v) is 6.15. The molecule has 0 unspecified atom stereocenters. The van der Waals surface area contributed by atoms with Crippen molar-refractivity contribution >= 4 is 11.8 Å². The van der Waals surface area contributed by atoms with Crippen molar-refractivity contribution in [2.24, 2.45) is 5.41 Å². The first kappa shape index (κ1) is 27.6. The van der Waals surface area contributed by atoms with Gasteiger partial charge in [-0.25, -0.2) is 0 Å². The van der Waals surface area contributed by atoms with Gasteiger partial charge in [0.1, 0.15) is 0 Å². The maximum atomic E-state index is 13.0. The Hall–Kier alpha value is -1.48. The van der Waals surface area contributed by atoms with Crippen LogP contribution in [0.15, 0.2) is 11.8 Å². The number of amides is 2. The van der Waals surface area contributed by atoms with Crippen molar-refractivity contribution in [3.05, 3.63) is 11.8 Å². The molecule has 2 amide bonds. The van der Waals surface area contributed by atoms with Gasteiger partial charge in [0.15, 0.2) is 0 Å². The van der Waals surface area contributed by atoms with Crippen LogP contribution in [0.3, 0.4) is 0 Å². The van der Waals surface area contributed by atoms with Gasteiger partial charge in [-0.15, -0.1) is 0 Å². The molecule has 31 heavy (non-hydrogen) atoms. The Kier molecular flexibility index (Phi) is 11.1. The molecular formula is C23H43N3O5. The summed E-state index contributed by atoms with van der Waals surface area (Å²) in [6.07, 6.45) is 3.28. The quantitative estimate of drug-likeness (QED) is 0.367. The third-order valence-electron chi connectivity index (χ3n) is 6.15. The summed E-state index contributed by atoms with van der Waals surface area (Å²) in [7, 11) is 5.50. The summed E-state index contributed by atoms with van der Waals surface area (Å²) in [4.78, 5) is 29.9. The van der Waals surface area contributed by atoms with Crippen molar-refractivity contribution in [2.45, 2.75) is 59.0 Å². The minimum absolute atomic E-state index is 0.255. The summed E-state index contributed by atoms with van der Waals surface area (Å²) in [6.45, 7) is 13.3. The highest BCUT2D eigenvalue weighted by Crippen LogP contribution is 2.29. The van der Waals surface area contributed by atoms with Gasteiger partial charge in [0.05, 0.1) is 25.4 Å². The summed E-state index contributed by atoms with van der Waals surface area (Å²) >= 11 is 0. The van der Waals surface area contributed by atoms with Gasteiger partial charge >= 0.3 is 0 Å². The van der Waals surface area contributed by atoms with Crippen LogP contribution in [0.1, 0.15) is 47.5 Å². The van der Waals surface area contributed by atoms with E-state index in [1.54, 1.807) is 7.11 Å². The van der Waals surface area contributed by atoms with Gasteiger partial charge in [0.2, 0.25) is 5.91 Å². The number of imide groups is 1. The number of carbonyl (C=O) groups excluding carboxylic acids is 2. The molecule has 0 radical (unpaired) electrons. The molecule has 8 nitrogen and oxygen atoms in total. The predicted molar refractivity (Wildman–Crippen MR) is 122 cm³/mol. The minimum Gasteiger partial charge on any atom is -0.382 e. The SMILES string of the molecule is CCN(C)C(=CC(=O)NC(=O)C(C)(C)N(C)C1CCOCC1)C(C)(C)COCCOC. The molecule has 0 atom stereocenters. The van der Waals surface area contributed by atoms with E-state index in [1.165, 1.54) is 6.08 Å². The van der Waals surface area contributed by atoms with Crippen LogP contribution in [0.25, 0.3) is 0 Å². The normalized spacial score (nSPS) is 16.5. The Balaban J connectivity index is 2.89. The van der Waals surface area contributed by atoms with Crippen molar-refractivity contribution in [3.8, 4) is 0 Å². The molecule has 0 bridgehead atoms. The van der Waals surface area contributed by atoms with Gasteiger partial charge < -0.3 is 19.1 Å².